The second-order valence-electron chi connectivity index (χ2n) is 4.63. The number of ether oxygens (including phenoxy) is 1. The largest absolute Gasteiger partial charge is 0.489 e. The maximum atomic E-state index is 8.98. The molecule has 19 heavy (non-hydrogen) atoms. The van der Waals surface area contributed by atoms with E-state index in [1.807, 2.05) is 24.3 Å². The van der Waals surface area contributed by atoms with Gasteiger partial charge >= 0.3 is 0 Å². The number of nitrogens with two attached hydrogens (primary N) is 1. The maximum absolute atomic E-state index is 8.98. The Bertz CT molecular complexity index is 505. The van der Waals surface area contributed by atoms with Crippen molar-refractivity contribution < 1.29 is 9.84 Å². The van der Waals surface area contributed by atoms with Gasteiger partial charge in [-0.05, 0) is 30.2 Å². The minimum atomic E-state index is -0.328. The van der Waals surface area contributed by atoms with Gasteiger partial charge < -0.3 is 15.6 Å². The Morgan fingerprint density at radius 1 is 1.05 bits per heavy atom. The van der Waals surface area contributed by atoms with Gasteiger partial charge in [-0.15, -0.1) is 0 Å². The van der Waals surface area contributed by atoms with Gasteiger partial charge in [0.15, 0.2) is 0 Å². The van der Waals surface area contributed by atoms with Crippen molar-refractivity contribution in [2.75, 3.05) is 6.61 Å². The van der Waals surface area contributed by atoms with E-state index in [9.17, 15) is 0 Å². The summed E-state index contributed by atoms with van der Waals surface area (Å²) in [5, 5.41) is 8.98. The van der Waals surface area contributed by atoms with E-state index in [-0.39, 0.29) is 12.6 Å². The topological polar surface area (TPSA) is 55.5 Å². The second-order valence-corrected chi connectivity index (χ2v) is 4.63. The van der Waals surface area contributed by atoms with Crippen LogP contribution in [-0.4, -0.2) is 11.7 Å². The van der Waals surface area contributed by atoms with Crippen molar-refractivity contribution in [3.8, 4) is 5.75 Å². The van der Waals surface area contributed by atoms with Crippen molar-refractivity contribution in [2.24, 2.45) is 5.73 Å². The standard InChI is InChI=1S/C16H19NO2/c1-12-2-4-13(5-3-12)11-19-15-8-6-14(7-9-15)16(17)10-18/h2-9,16,18H,10-11,17H2,1H3/t16-/m0/s1. The van der Waals surface area contributed by atoms with E-state index in [1.54, 1.807) is 0 Å². The highest BCUT2D eigenvalue weighted by Gasteiger charge is 2.04. The molecule has 2 rings (SSSR count). The van der Waals surface area contributed by atoms with E-state index in [0.717, 1.165) is 16.9 Å². The zero-order chi connectivity index (χ0) is 13.7. The van der Waals surface area contributed by atoms with Crippen LogP contribution in [0.5, 0.6) is 5.75 Å². The van der Waals surface area contributed by atoms with Gasteiger partial charge in [0.05, 0.1) is 12.6 Å². The third-order valence-corrected chi connectivity index (χ3v) is 3.03. The lowest BCUT2D eigenvalue weighted by Gasteiger charge is -2.10. The van der Waals surface area contributed by atoms with E-state index in [2.05, 4.69) is 31.2 Å². The quantitative estimate of drug-likeness (QED) is 0.865. The molecular formula is C16H19NO2. The van der Waals surface area contributed by atoms with Crippen LogP contribution < -0.4 is 10.5 Å². The molecule has 0 aliphatic carbocycles. The molecule has 0 heterocycles. The number of benzene rings is 2. The Balaban J connectivity index is 1.94. The van der Waals surface area contributed by atoms with Crippen molar-refractivity contribution in [1.29, 1.82) is 0 Å². The average molecular weight is 257 g/mol. The summed E-state index contributed by atoms with van der Waals surface area (Å²) in [5.41, 5.74) is 9.02. The third-order valence-electron chi connectivity index (χ3n) is 3.03. The van der Waals surface area contributed by atoms with Gasteiger partial charge in [0, 0.05) is 0 Å². The lowest BCUT2D eigenvalue weighted by molar-refractivity contribution is 0.267. The molecule has 2 aromatic rings. The summed E-state index contributed by atoms with van der Waals surface area (Å²) in [7, 11) is 0. The van der Waals surface area contributed by atoms with Gasteiger partial charge in [0.1, 0.15) is 12.4 Å². The number of aryl methyl sites for hydroxylation is 1. The molecule has 0 unspecified atom stereocenters. The Kier molecular flexibility index (Phi) is 4.55. The zero-order valence-corrected chi connectivity index (χ0v) is 11.0. The van der Waals surface area contributed by atoms with Crippen molar-refractivity contribution in [1.82, 2.24) is 0 Å². The first kappa shape index (κ1) is 13.6. The maximum Gasteiger partial charge on any atom is 0.119 e. The van der Waals surface area contributed by atoms with Crippen LogP contribution in [0, 0.1) is 6.92 Å². The van der Waals surface area contributed by atoms with Crippen LogP contribution in [0.4, 0.5) is 0 Å². The predicted octanol–water partition coefficient (Wildman–Crippen LogP) is 2.57. The SMILES string of the molecule is Cc1ccc(COc2ccc([C@@H](N)CO)cc2)cc1. The molecule has 0 aromatic heterocycles. The van der Waals surface area contributed by atoms with Crippen LogP contribution in [0.25, 0.3) is 0 Å². The van der Waals surface area contributed by atoms with Crippen LogP contribution in [0.2, 0.25) is 0 Å². The summed E-state index contributed by atoms with van der Waals surface area (Å²) < 4.78 is 5.70. The van der Waals surface area contributed by atoms with Gasteiger partial charge in [-0.3, -0.25) is 0 Å². The first-order valence-electron chi connectivity index (χ1n) is 6.34. The van der Waals surface area contributed by atoms with Gasteiger partial charge in [0.25, 0.3) is 0 Å². The number of hydrogen-bond acceptors (Lipinski definition) is 3. The molecule has 3 N–H and O–H groups in total. The van der Waals surface area contributed by atoms with E-state index in [1.165, 1.54) is 5.56 Å². The third kappa shape index (κ3) is 3.81. The lowest BCUT2D eigenvalue weighted by Crippen LogP contribution is -2.14. The minimum Gasteiger partial charge on any atom is -0.489 e. The predicted molar refractivity (Wildman–Crippen MR) is 76.0 cm³/mol. The Morgan fingerprint density at radius 3 is 2.26 bits per heavy atom. The summed E-state index contributed by atoms with van der Waals surface area (Å²) in [6.07, 6.45) is 0. The molecule has 0 amide bonds. The first-order chi connectivity index (χ1) is 9.19. The molecule has 0 aliphatic heterocycles. The smallest absolute Gasteiger partial charge is 0.119 e. The van der Waals surface area contributed by atoms with Crippen molar-refractivity contribution in [3.63, 3.8) is 0 Å². The van der Waals surface area contributed by atoms with Crippen molar-refractivity contribution >= 4 is 0 Å². The van der Waals surface area contributed by atoms with Crippen LogP contribution in [0.3, 0.4) is 0 Å². The highest BCUT2D eigenvalue weighted by atomic mass is 16.5. The van der Waals surface area contributed by atoms with Crippen molar-refractivity contribution in [3.05, 3.63) is 65.2 Å². The molecule has 3 nitrogen and oxygen atoms in total. The lowest BCUT2D eigenvalue weighted by atomic mass is 10.1. The van der Waals surface area contributed by atoms with Gasteiger partial charge in [-0.2, -0.15) is 0 Å². The normalized spacial score (nSPS) is 12.2. The molecular weight excluding hydrogens is 238 g/mol. The molecule has 0 radical (unpaired) electrons. The fraction of sp³-hybridized carbons (Fsp3) is 0.250. The van der Waals surface area contributed by atoms with E-state index in [0.29, 0.717) is 6.61 Å². The molecule has 2 aromatic carbocycles. The minimum absolute atomic E-state index is 0.0520. The highest BCUT2D eigenvalue weighted by Crippen LogP contribution is 2.17. The summed E-state index contributed by atoms with van der Waals surface area (Å²) in [6.45, 7) is 2.56. The first-order valence-corrected chi connectivity index (χ1v) is 6.34. The van der Waals surface area contributed by atoms with E-state index < -0.39 is 0 Å². The Labute approximate surface area is 113 Å². The number of aliphatic hydroxyl groups excluding tert-OH is 1. The molecule has 3 heteroatoms. The molecule has 100 valence electrons. The Morgan fingerprint density at radius 2 is 1.68 bits per heavy atom. The van der Waals surface area contributed by atoms with E-state index in [4.69, 9.17) is 15.6 Å². The second kappa shape index (κ2) is 6.36. The molecule has 0 saturated heterocycles. The number of aliphatic hydroxyl groups is 1. The van der Waals surface area contributed by atoms with Crippen LogP contribution in [0.1, 0.15) is 22.7 Å². The van der Waals surface area contributed by atoms with Crippen molar-refractivity contribution in [2.45, 2.75) is 19.6 Å². The van der Waals surface area contributed by atoms with Gasteiger partial charge in [0.2, 0.25) is 0 Å². The number of rotatable bonds is 5. The fourth-order valence-electron chi connectivity index (χ4n) is 1.77. The summed E-state index contributed by atoms with van der Waals surface area (Å²) in [4.78, 5) is 0. The molecule has 1 atom stereocenters. The summed E-state index contributed by atoms with van der Waals surface area (Å²) >= 11 is 0. The van der Waals surface area contributed by atoms with Crippen LogP contribution in [-0.2, 0) is 6.61 Å². The van der Waals surface area contributed by atoms with Crippen LogP contribution >= 0.6 is 0 Å². The monoisotopic (exact) mass is 257 g/mol. The average Bonchev–Trinajstić information content (AvgIpc) is 2.46. The molecule has 0 saturated carbocycles. The zero-order valence-electron chi connectivity index (χ0n) is 11.0. The molecule has 0 aliphatic rings. The number of hydrogen-bond donors (Lipinski definition) is 2. The summed E-state index contributed by atoms with van der Waals surface area (Å²) in [5.74, 6) is 0.800. The molecule has 0 spiro atoms. The highest BCUT2D eigenvalue weighted by molar-refractivity contribution is 5.29. The van der Waals surface area contributed by atoms with Crippen LogP contribution in [0.15, 0.2) is 48.5 Å². The molecule has 0 fully saturated rings. The Hall–Kier alpha value is -1.84. The van der Waals surface area contributed by atoms with Gasteiger partial charge in [-0.1, -0.05) is 42.0 Å². The fourth-order valence-corrected chi connectivity index (χ4v) is 1.77. The van der Waals surface area contributed by atoms with Gasteiger partial charge in [-0.25, -0.2) is 0 Å². The summed E-state index contributed by atoms with van der Waals surface area (Å²) in [6, 6.07) is 15.4. The molecule has 0 bridgehead atoms. The van der Waals surface area contributed by atoms with E-state index >= 15 is 0 Å².